The molecule has 1 N–H and O–H groups in total. The van der Waals surface area contributed by atoms with E-state index in [0.29, 0.717) is 21.4 Å². The molecule has 1 aliphatic rings. The molecule has 0 bridgehead atoms. The van der Waals surface area contributed by atoms with Gasteiger partial charge in [-0.25, -0.2) is 0 Å². The summed E-state index contributed by atoms with van der Waals surface area (Å²) in [6.07, 6.45) is 2.32. The molecule has 4 nitrogen and oxygen atoms in total. The van der Waals surface area contributed by atoms with Crippen molar-refractivity contribution in [2.75, 3.05) is 13.7 Å². The van der Waals surface area contributed by atoms with Crippen molar-refractivity contribution >= 4 is 40.3 Å². The van der Waals surface area contributed by atoms with Crippen molar-refractivity contribution in [3.05, 3.63) is 52.6 Å². The number of likely N-dealkylation sites (N-methyl/N-ethyl adjacent to an activating group) is 1. The van der Waals surface area contributed by atoms with Crippen LogP contribution in [0.4, 0.5) is 0 Å². The highest BCUT2D eigenvalue weighted by Crippen LogP contribution is 2.32. The van der Waals surface area contributed by atoms with Crippen molar-refractivity contribution in [1.82, 2.24) is 4.90 Å². The van der Waals surface area contributed by atoms with Crippen molar-refractivity contribution in [1.29, 1.82) is 0 Å². The zero-order valence-electron chi connectivity index (χ0n) is 12.5. The molecule has 1 aromatic heterocycles. The number of aliphatic hydroxyl groups is 1. The number of carbonyl (C=O) groups is 1. The van der Waals surface area contributed by atoms with E-state index in [4.69, 9.17) is 21.7 Å². The second-order valence-corrected chi connectivity index (χ2v) is 6.79. The zero-order valence-corrected chi connectivity index (χ0v) is 14.1. The van der Waals surface area contributed by atoms with Crippen LogP contribution < -0.4 is 0 Å². The average Bonchev–Trinajstić information content (AvgIpc) is 3.10. The fourth-order valence-electron chi connectivity index (χ4n) is 2.27. The lowest BCUT2D eigenvalue weighted by molar-refractivity contribution is -0.121. The van der Waals surface area contributed by atoms with Gasteiger partial charge in [-0.15, -0.1) is 0 Å². The Labute approximate surface area is 143 Å². The van der Waals surface area contributed by atoms with Gasteiger partial charge in [-0.05, 0) is 30.2 Å². The van der Waals surface area contributed by atoms with Crippen LogP contribution in [-0.2, 0) is 11.2 Å². The van der Waals surface area contributed by atoms with Crippen molar-refractivity contribution in [3.63, 3.8) is 0 Å². The Kier molecular flexibility index (Phi) is 4.66. The van der Waals surface area contributed by atoms with Gasteiger partial charge in [0.25, 0.3) is 5.91 Å². The highest BCUT2D eigenvalue weighted by molar-refractivity contribution is 8.26. The van der Waals surface area contributed by atoms with Crippen molar-refractivity contribution in [2.24, 2.45) is 0 Å². The smallest absolute Gasteiger partial charge is 0.266 e. The van der Waals surface area contributed by atoms with E-state index in [0.717, 1.165) is 16.9 Å². The minimum Gasteiger partial charge on any atom is -0.457 e. The van der Waals surface area contributed by atoms with E-state index in [1.807, 2.05) is 36.4 Å². The predicted octanol–water partition coefficient (Wildman–Crippen LogP) is 3.31. The molecule has 2 aromatic rings. The zero-order chi connectivity index (χ0) is 16.4. The lowest BCUT2D eigenvalue weighted by Crippen LogP contribution is -2.22. The first-order chi connectivity index (χ1) is 11.1. The maximum absolute atomic E-state index is 12.0. The first kappa shape index (κ1) is 16.0. The Morgan fingerprint density at radius 3 is 2.87 bits per heavy atom. The number of hydrogen-bond donors (Lipinski definition) is 1. The molecule has 1 saturated heterocycles. The summed E-state index contributed by atoms with van der Waals surface area (Å²) in [7, 11) is 1.67. The third-order valence-corrected chi connectivity index (χ3v) is 4.98. The van der Waals surface area contributed by atoms with E-state index >= 15 is 0 Å². The average molecular weight is 345 g/mol. The Bertz CT molecular complexity index is 795. The lowest BCUT2D eigenvalue weighted by atomic mass is 10.1. The number of amides is 1. The summed E-state index contributed by atoms with van der Waals surface area (Å²) >= 11 is 6.38. The van der Waals surface area contributed by atoms with Gasteiger partial charge in [0.1, 0.15) is 15.8 Å². The molecule has 1 aliphatic heterocycles. The molecule has 118 valence electrons. The first-order valence-electron chi connectivity index (χ1n) is 7.10. The van der Waals surface area contributed by atoms with Crippen LogP contribution in [0.1, 0.15) is 11.3 Å². The molecule has 0 radical (unpaired) electrons. The number of thioether (sulfide) groups is 1. The van der Waals surface area contributed by atoms with E-state index in [2.05, 4.69) is 0 Å². The van der Waals surface area contributed by atoms with E-state index < -0.39 is 0 Å². The highest BCUT2D eigenvalue weighted by Gasteiger charge is 2.28. The molecule has 0 aliphatic carbocycles. The molecular weight excluding hydrogens is 330 g/mol. The van der Waals surface area contributed by atoms with Crippen LogP contribution in [0.15, 0.2) is 45.7 Å². The summed E-state index contributed by atoms with van der Waals surface area (Å²) in [5.74, 6) is 1.23. The topological polar surface area (TPSA) is 53.7 Å². The van der Waals surface area contributed by atoms with Gasteiger partial charge in [0.05, 0.1) is 4.91 Å². The van der Waals surface area contributed by atoms with Crippen LogP contribution in [0.2, 0.25) is 0 Å². The van der Waals surface area contributed by atoms with Crippen molar-refractivity contribution in [3.8, 4) is 11.3 Å². The second-order valence-electron chi connectivity index (χ2n) is 5.12. The van der Waals surface area contributed by atoms with Gasteiger partial charge in [-0.2, -0.15) is 0 Å². The third-order valence-electron chi connectivity index (χ3n) is 3.50. The predicted molar refractivity (Wildman–Crippen MR) is 95.9 cm³/mol. The summed E-state index contributed by atoms with van der Waals surface area (Å²) in [6.45, 7) is 0.117. The Morgan fingerprint density at radius 2 is 2.17 bits per heavy atom. The van der Waals surface area contributed by atoms with Gasteiger partial charge < -0.3 is 9.52 Å². The maximum atomic E-state index is 12.0. The van der Waals surface area contributed by atoms with E-state index in [1.165, 1.54) is 16.7 Å². The van der Waals surface area contributed by atoms with Crippen molar-refractivity contribution in [2.45, 2.75) is 6.42 Å². The largest absolute Gasteiger partial charge is 0.457 e. The second kappa shape index (κ2) is 6.70. The van der Waals surface area contributed by atoms with Crippen LogP contribution in [0.25, 0.3) is 17.4 Å². The molecule has 1 aromatic carbocycles. The Hall–Kier alpha value is -1.89. The maximum Gasteiger partial charge on any atom is 0.266 e. The number of rotatable bonds is 4. The monoisotopic (exact) mass is 345 g/mol. The molecule has 0 atom stereocenters. The summed E-state index contributed by atoms with van der Waals surface area (Å²) in [6, 6.07) is 11.5. The summed E-state index contributed by atoms with van der Waals surface area (Å²) < 4.78 is 6.36. The highest BCUT2D eigenvalue weighted by atomic mass is 32.2. The molecular formula is C17H15NO3S2. The SMILES string of the molecule is CN1C(=O)/C(=C/c2ccc(-c3cccc(CCO)c3)o2)SC1=S. The molecule has 0 spiro atoms. The van der Waals surface area contributed by atoms with Crippen molar-refractivity contribution < 1.29 is 14.3 Å². The van der Waals surface area contributed by atoms with Crippen LogP contribution in [0.5, 0.6) is 0 Å². The van der Waals surface area contributed by atoms with Crippen LogP contribution in [-0.4, -0.2) is 33.9 Å². The summed E-state index contributed by atoms with van der Waals surface area (Å²) in [4.78, 5) is 14.0. The summed E-state index contributed by atoms with van der Waals surface area (Å²) in [5, 5.41) is 9.03. The van der Waals surface area contributed by atoms with Gasteiger partial charge in [0.15, 0.2) is 0 Å². The standard InChI is InChI=1S/C17H15NO3S2/c1-18-16(20)15(23-17(18)22)10-13-5-6-14(21-13)12-4-2-3-11(9-12)7-8-19/h2-6,9-10,19H,7-8H2,1H3/b15-10-. The minimum atomic E-state index is -0.108. The van der Waals surface area contributed by atoms with E-state index in [1.54, 1.807) is 13.1 Å². The fourth-order valence-corrected chi connectivity index (χ4v) is 3.43. The number of benzene rings is 1. The number of furan rings is 1. The van der Waals surface area contributed by atoms with E-state index in [9.17, 15) is 4.79 Å². The van der Waals surface area contributed by atoms with Crippen LogP contribution in [0.3, 0.4) is 0 Å². The normalized spacial score (nSPS) is 16.6. The fraction of sp³-hybridized carbons (Fsp3) is 0.176. The number of thiocarbonyl (C=S) groups is 1. The minimum absolute atomic E-state index is 0.108. The Morgan fingerprint density at radius 1 is 1.35 bits per heavy atom. The number of aliphatic hydroxyl groups excluding tert-OH is 1. The lowest BCUT2D eigenvalue weighted by Gasteiger charge is -2.03. The molecule has 23 heavy (non-hydrogen) atoms. The number of hydrogen-bond acceptors (Lipinski definition) is 5. The number of carbonyl (C=O) groups excluding carboxylic acids is 1. The molecule has 1 fully saturated rings. The van der Waals surface area contributed by atoms with Gasteiger partial charge in [0.2, 0.25) is 0 Å². The van der Waals surface area contributed by atoms with Gasteiger partial charge in [-0.1, -0.05) is 42.2 Å². The first-order valence-corrected chi connectivity index (χ1v) is 8.32. The van der Waals surface area contributed by atoms with Crippen LogP contribution >= 0.6 is 24.0 Å². The van der Waals surface area contributed by atoms with Gasteiger partial charge in [0, 0.05) is 25.3 Å². The summed E-state index contributed by atoms with van der Waals surface area (Å²) in [5.41, 5.74) is 1.99. The quantitative estimate of drug-likeness (QED) is 0.680. The Balaban J connectivity index is 1.85. The van der Waals surface area contributed by atoms with Gasteiger partial charge >= 0.3 is 0 Å². The molecule has 1 amide bonds. The van der Waals surface area contributed by atoms with Gasteiger partial charge in [-0.3, -0.25) is 9.69 Å². The molecule has 0 saturated carbocycles. The molecule has 2 heterocycles. The molecule has 0 unspecified atom stereocenters. The molecule has 3 rings (SSSR count). The number of nitrogens with zero attached hydrogens (tertiary/aromatic N) is 1. The van der Waals surface area contributed by atoms with E-state index in [-0.39, 0.29) is 12.5 Å². The van der Waals surface area contributed by atoms with Crippen LogP contribution in [0, 0.1) is 0 Å². The third kappa shape index (κ3) is 3.39. The molecule has 6 heteroatoms.